The number of unbranched alkanes of at least 4 members (excludes halogenated alkanes) is 1. The van der Waals surface area contributed by atoms with E-state index >= 15 is 0 Å². The lowest BCUT2D eigenvalue weighted by molar-refractivity contribution is -0.142. The molecular weight excluding hydrogens is 332 g/mol. The van der Waals surface area contributed by atoms with Crippen LogP contribution in [0, 0.1) is 0 Å². The first-order valence-corrected chi connectivity index (χ1v) is 8.09. The van der Waals surface area contributed by atoms with E-state index in [0.29, 0.717) is 22.7 Å². The van der Waals surface area contributed by atoms with E-state index in [4.69, 9.17) is 21.4 Å². The number of hydrogen-bond donors (Lipinski definition) is 2. The number of pyridine rings is 1. The Bertz CT molecular complexity index is 736. The Balaban J connectivity index is 2.01. The summed E-state index contributed by atoms with van der Waals surface area (Å²) in [5.41, 5.74) is 0.554. The molecule has 1 amide bonds. The molecule has 2 rings (SSSR count). The van der Waals surface area contributed by atoms with Gasteiger partial charge < -0.3 is 15.2 Å². The van der Waals surface area contributed by atoms with E-state index in [9.17, 15) is 9.59 Å². The SMILES string of the molecule is CCCCC(NC(=O)COc1ccc(Cl)c2cccnc12)C(=O)O. The third-order valence-corrected chi connectivity index (χ3v) is 3.85. The van der Waals surface area contributed by atoms with Gasteiger partial charge in [0.15, 0.2) is 6.61 Å². The number of carbonyl (C=O) groups is 2. The van der Waals surface area contributed by atoms with Crippen molar-refractivity contribution in [1.82, 2.24) is 10.3 Å². The second-order valence-electron chi connectivity index (χ2n) is 5.33. The summed E-state index contributed by atoms with van der Waals surface area (Å²) < 4.78 is 5.50. The number of rotatable bonds is 8. The molecule has 0 saturated carbocycles. The van der Waals surface area contributed by atoms with E-state index in [1.54, 1.807) is 24.4 Å². The predicted molar refractivity (Wildman–Crippen MR) is 91.3 cm³/mol. The van der Waals surface area contributed by atoms with E-state index in [1.807, 2.05) is 13.0 Å². The first-order chi connectivity index (χ1) is 11.5. The predicted octanol–water partition coefficient (Wildman–Crippen LogP) is 3.03. The van der Waals surface area contributed by atoms with Gasteiger partial charge in [-0.25, -0.2) is 4.79 Å². The maximum absolute atomic E-state index is 12.0. The molecule has 128 valence electrons. The van der Waals surface area contributed by atoms with Gasteiger partial charge in [-0.15, -0.1) is 0 Å². The maximum atomic E-state index is 12.0. The van der Waals surface area contributed by atoms with Gasteiger partial charge in [0.2, 0.25) is 0 Å². The van der Waals surface area contributed by atoms with E-state index in [1.165, 1.54) is 0 Å². The minimum absolute atomic E-state index is 0.288. The lowest BCUT2D eigenvalue weighted by Gasteiger charge is -2.15. The van der Waals surface area contributed by atoms with Crippen molar-refractivity contribution in [3.63, 3.8) is 0 Å². The number of carboxylic acids is 1. The van der Waals surface area contributed by atoms with E-state index in [0.717, 1.165) is 18.2 Å². The molecule has 0 aliphatic rings. The normalized spacial score (nSPS) is 11.9. The summed E-state index contributed by atoms with van der Waals surface area (Å²) in [6.07, 6.45) is 3.59. The minimum Gasteiger partial charge on any atom is -0.481 e. The number of aromatic nitrogens is 1. The highest BCUT2D eigenvalue weighted by molar-refractivity contribution is 6.35. The number of benzene rings is 1. The number of nitrogens with zero attached hydrogens (tertiary/aromatic N) is 1. The number of carboxylic acid groups (broad SMARTS) is 1. The summed E-state index contributed by atoms with van der Waals surface area (Å²) in [5, 5.41) is 12.9. The first kappa shape index (κ1) is 18.0. The summed E-state index contributed by atoms with van der Waals surface area (Å²) in [5.74, 6) is -1.11. The highest BCUT2D eigenvalue weighted by atomic mass is 35.5. The van der Waals surface area contributed by atoms with Crippen molar-refractivity contribution in [2.45, 2.75) is 32.2 Å². The zero-order chi connectivity index (χ0) is 17.5. The number of halogens is 1. The van der Waals surface area contributed by atoms with Crippen LogP contribution in [0.3, 0.4) is 0 Å². The van der Waals surface area contributed by atoms with Gasteiger partial charge >= 0.3 is 5.97 Å². The summed E-state index contributed by atoms with van der Waals surface area (Å²) in [7, 11) is 0. The van der Waals surface area contributed by atoms with Gasteiger partial charge in [-0.3, -0.25) is 9.78 Å². The zero-order valence-electron chi connectivity index (χ0n) is 13.3. The van der Waals surface area contributed by atoms with E-state index in [-0.39, 0.29) is 6.61 Å². The Labute approximate surface area is 144 Å². The molecule has 7 heteroatoms. The molecule has 0 radical (unpaired) electrons. The Morgan fingerprint density at radius 2 is 2.17 bits per heavy atom. The van der Waals surface area contributed by atoms with Crippen LogP contribution in [0.5, 0.6) is 5.75 Å². The van der Waals surface area contributed by atoms with Gasteiger partial charge in [-0.05, 0) is 30.7 Å². The zero-order valence-corrected chi connectivity index (χ0v) is 14.0. The molecule has 1 heterocycles. The number of fused-ring (bicyclic) bond motifs is 1. The fourth-order valence-corrected chi connectivity index (χ4v) is 2.49. The van der Waals surface area contributed by atoms with Crippen molar-refractivity contribution in [3.05, 3.63) is 35.5 Å². The lowest BCUT2D eigenvalue weighted by Crippen LogP contribution is -2.42. The van der Waals surface area contributed by atoms with Crippen LogP contribution < -0.4 is 10.1 Å². The molecule has 24 heavy (non-hydrogen) atoms. The van der Waals surface area contributed by atoms with Gasteiger partial charge in [0.05, 0.1) is 5.02 Å². The van der Waals surface area contributed by atoms with Crippen LogP contribution in [0.2, 0.25) is 5.02 Å². The van der Waals surface area contributed by atoms with Gasteiger partial charge in [-0.2, -0.15) is 0 Å². The molecule has 1 aromatic heterocycles. The second kappa shape index (κ2) is 8.49. The van der Waals surface area contributed by atoms with Crippen LogP contribution in [-0.2, 0) is 9.59 Å². The van der Waals surface area contributed by atoms with Crippen molar-refractivity contribution in [1.29, 1.82) is 0 Å². The standard InChI is InChI=1S/C17H19ClN2O4/c1-2-3-6-13(17(22)23)20-15(21)10-24-14-8-7-12(18)11-5-4-9-19-16(11)14/h4-5,7-9,13H,2-3,6,10H2,1H3,(H,20,21)(H,22,23). The molecule has 1 aromatic carbocycles. The summed E-state index contributed by atoms with van der Waals surface area (Å²) in [6.45, 7) is 1.67. The number of aliphatic carboxylic acids is 1. The maximum Gasteiger partial charge on any atom is 0.326 e. The molecule has 1 atom stereocenters. The number of amides is 1. The Morgan fingerprint density at radius 1 is 1.38 bits per heavy atom. The van der Waals surface area contributed by atoms with E-state index < -0.39 is 17.9 Å². The Hall–Kier alpha value is -2.34. The minimum atomic E-state index is -1.05. The molecule has 0 saturated heterocycles. The number of nitrogens with one attached hydrogen (secondary N) is 1. The number of hydrogen-bond acceptors (Lipinski definition) is 4. The van der Waals surface area contributed by atoms with Gasteiger partial charge in [0, 0.05) is 11.6 Å². The first-order valence-electron chi connectivity index (χ1n) is 7.71. The molecule has 2 N–H and O–H groups in total. The highest BCUT2D eigenvalue weighted by Gasteiger charge is 2.19. The molecule has 0 aliphatic heterocycles. The van der Waals surface area contributed by atoms with Crippen molar-refractivity contribution < 1.29 is 19.4 Å². The van der Waals surface area contributed by atoms with Crippen LogP contribution in [-0.4, -0.2) is 34.6 Å². The molecular formula is C17H19ClN2O4. The molecule has 0 fully saturated rings. The second-order valence-corrected chi connectivity index (χ2v) is 5.74. The summed E-state index contributed by atoms with van der Waals surface area (Å²) in [6, 6.07) is 5.97. The Morgan fingerprint density at radius 3 is 2.88 bits per heavy atom. The van der Waals surface area contributed by atoms with Crippen LogP contribution in [0.4, 0.5) is 0 Å². The third kappa shape index (κ3) is 4.58. The number of ether oxygens (including phenoxy) is 1. The Kier molecular flexibility index (Phi) is 6.37. The van der Waals surface area contributed by atoms with Crippen molar-refractivity contribution in [2.75, 3.05) is 6.61 Å². The average Bonchev–Trinajstić information content (AvgIpc) is 2.58. The van der Waals surface area contributed by atoms with Crippen molar-refractivity contribution in [2.24, 2.45) is 0 Å². The average molecular weight is 351 g/mol. The van der Waals surface area contributed by atoms with Gasteiger partial charge in [0.25, 0.3) is 5.91 Å². The molecule has 2 aromatic rings. The molecule has 0 bridgehead atoms. The molecule has 0 aliphatic carbocycles. The highest BCUT2D eigenvalue weighted by Crippen LogP contribution is 2.29. The summed E-state index contributed by atoms with van der Waals surface area (Å²) in [4.78, 5) is 27.3. The van der Waals surface area contributed by atoms with Crippen molar-refractivity contribution >= 4 is 34.4 Å². The molecule has 6 nitrogen and oxygen atoms in total. The van der Waals surface area contributed by atoms with Crippen LogP contribution >= 0.6 is 11.6 Å². The fraction of sp³-hybridized carbons (Fsp3) is 0.353. The molecule has 1 unspecified atom stereocenters. The van der Waals surface area contributed by atoms with Gasteiger partial charge in [0.1, 0.15) is 17.3 Å². The summed E-state index contributed by atoms with van der Waals surface area (Å²) >= 11 is 6.10. The van der Waals surface area contributed by atoms with Crippen LogP contribution in [0.25, 0.3) is 10.9 Å². The van der Waals surface area contributed by atoms with E-state index in [2.05, 4.69) is 10.3 Å². The van der Waals surface area contributed by atoms with Crippen LogP contribution in [0.15, 0.2) is 30.5 Å². The van der Waals surface area contributed by atoms with Crippen molar-refractivity contribution in [3.8, 4) is 5.75 Å². The quantitative estimate of drug-likeness (QED) is 0.764. The number of carbonyl (C=O) groups excluding carboxylic acids is 1. The fourth-order valence-electron chi connectivity index (χ4n) is 2.27. The van der Waals surface area contributed by atoms with Crippen LogP contribution in [0.1, 0.15) is 26.2 Å². The largest absolute Gasteiger partial charge is 0.481 e. The monoisotopic (exact) mass is 350 g/mol. The smallest absolute Gasteiger partial charge is 0.326 e. The lowest BCUT2D eigenvalue weighted by atomic mass is 10.1. The molecule has 0 spiro atoms. The third-order valence-electron chi connectivity index (χ3n) is 3.52. The topological polar surface area (TPSA) is 88.5 Å². The van der Waals surface area contributed by atoms with Gasteiger partial charge in [-0.1, -0.05) is 31.4 Å².